The number of amides is 2. The first-order chi connectivity index (χ1) is 9.06. The van der Waals surface area contributed by atoms with Crippen molar-refractivity contribution in [1.29, 1.82) is 0 Å². The van der Waals surface area contributed by atoms with Gasteiger partial charge in [-0.2, -0.15) is 0 Å². The summed E-state index contributed by atoms with van der Waals surface area (Å²) in [4.78, 5) is 32.3. The summed E-state index contributed by atoms with van der Waals surface area (Å²) in [5.41, 5.74) is 6.24. The highest BCUT2D eigenvalue weighted by molar-refractivity contribution is 5.90. The molecule has 2 amide bonds. The Kier molecular flexibility index (Phi) is 4.09. The van der Waals surface area contributed by atoms with Crippen molar-refractivity contribution in [1.82, 2.24) is 14.9 Å². The van der Waals surface area contributed by atoms with E-state index in [2.05, 4.69) is 9.97 Å². The Morgan fingerprint density at radius 3 is 2.95 bits per heavy atom. The lowest BCUT2D eigenvalue weighted by molar-refractivity contribution is -0.130. The van der Waals surface area contributed by atoms with E-state index in [4.69, 9.17) is 5.73 Å². The van der Waals surface area contributed by atoms with Crippen LogP contribution < -0.4 is 5.73 Å². The molecule has 0 spiro atoms. The second kappa shape index (κ2) is 5.77. The molecule has 0 bridgehead atoms. The van der Waals surface area contributed by atoms with Crippen molar-refractivity contribution >= 4 is 11.8 Å². The molecule has 0 aliphatic carbocycles. The van der Waals surface area contributed by atoms with Gasteiger partial charge in [0.05, 0.1) is 0 Å². The number of likely N-dealkylation sites (tertiary alicyclic amines) is 1. The van der Waals surface area contributed by atoms with Crippen LogP contribution in [-0.2, 0) is 11.2 Å². The third kappa shape index (κ3) is 3.49. The molecule has 6 nitrogen and oxygen atoms in total. The van der Waals surface area contributed by atoms with E-state index in [1.165, 1.54) is 6.33 Å². The molecule has 2 rings (SSSR count). The molecule has 0 saturated carbocycles. The van der Waals surface area contributed by atoms with Gasteiger partial charge in [-0.15, -0.1) is 0 Å². The first kappa shape index (κ1) is 13.5. The zero-order valence-corrected chi connectivity index (χ0v) is 11.0. The number of nitrogens with zero attached hydrogens (tertiary/aromatic N) is 3. The van der Waals surface area contributed by atoms with Crippen LogP contribution in [-0.4, -0.2) is 39.8 Å². The van der Waals surface area contributed by atoms with Gasteiger partial charge in [0.25, 0.3) is 5.91 Å². The summed E-state index contributed by atoms with van der Waals surface area (Å²) in [5.74, 6) is -0.0452. The van der Waals surface area contributed by atoms with Crippen LogP contribution in [0.5, 0.6) is 0 Å². The van der Waals surface area contributed by atoms with Gasteiger partial charge in [0.1, 0.15) is 12.0 Å². The standard InChI is InChI=1S/C13H18N4O2/c1-9(18)17-4-2-3-10(7-17)5-11-6-12(13(14)19)16-8-15-11/h6,8,10H,2-5,7H2,1H3,(H2,14,19). The molecule has 1 aromatic rings. The molecule has 2 heterocycles. The van der Waals surface area contributed by atoms with Gasteiger partial charge in [0.2, 0.25) is 5.91 Å². The number of carbonyl (C=O) groups is 2. The Bertz CT molecular complexity index is 489. The smallest absolute Gasteiger partial charge is 0.267 e. The van der Waals surface area contributed by atoms with Gasteiger partial charge in [-0.1, -0.05) is 0 Å². The maximum Gasteiger partial charge on any atom is 0.267 e. The number of nitrogens with two attached hydrogens (primary N) is 1. The predicted octanol–water partition coefficient (Wildman–Crippen LogP) is 0.377. The molecular formula is C13H18N4O2. The molecule has 1 aromatic heterocycles. The highest BCUT2D eigenvalue weighted by Crippen LogP contribution is 2.20. The Hall–Kier alpha value is -1.98. The Morgan fingerprint density at radius 1 is 1.47 bits per heavy atom. The van der Waals surface area contributed by atoms with E-state index in [-0.39, 0.29) is 11.6 Å². The SMILES string of the molecule is CC(=O)N1CCCC(Cc2cc(C(N)=O)ncn2)C1. The van der Waals surface area contributed by atoms with E-state index in [0.717, 1.165) is 38.0 Å². The van der Waals surface area contributed by atoms with Crippen LogP contribution in [0.3, 0.4) is 0 Å². The van der Waals surface area contributed by atoms with Crippen molar-refractivity contribution in [3.63, 3.8) is 0 Å². The molecule has 1 aliphatic rings. The van der Waals surface area contributed by atoms with Crippen molar-refractivity contribution in [2.45, 2.75) is 26.2 Å². The fourth-order valence-corrected chi connectivity index (χ4v) is 2.46. The molecule has 1 saturated heterocycles. The van der Waals surface area contributed by atoms with Crippen molar-refractivity contribution in [3.05, 3.63) is 23.8 Å². The van der Waals surface area contributed by atoms with Crippen molar-refractivity contribution in [2.75, 3.05) is 13.1 Å². The molecule has 6 heteroatoms. The fraction of sp³-hybridized carbons (Fsp3) is 0.538. The summed E-state index contributed by atoms with van der Waals surface area (Å²) in [5, 5.41) is 0. The predicted molar refractivity (Wildman–Crippen MR) is 69.2 cm³/mol. The van der Waals surface area contributed by atoms with E-state index in [1.54, 1.807) is 13.0 Å². The van der Waals surface area contributed by atoms with Crippen LogP contribution in [0.4, 0.5) is 0 Å². The van der Waals surface area contributed by atoms with Gasteiger partial charge in [-0.3, -0.25) is 9.59 Å². The zero-order chi connectivity index (χ0) is 13.8. The highest BCUT2D eigenvalue weighted by atomic mass is 16.2. The normalized spacial score (nSPS) is 19.2. The molecule has 19 heavy (non-hydrogen) atoms. The lowest BCUT2D eigenvalue weighted by atomic mass is 9.93. The van der Waals surface area contributed by atoms with Gasteiger partial charge in [0, 0.05) is 25.7 Å². The van der Waals surface area contributed by atoms with Gasteiger partial charge in [0.15, 0.2) is 0 Å². The van der Waals surface area contributed by atoms with Crippen LogP contribution in [0.1, 0.15) is 35.9 Å². The minimum Gasteiger partial charge on any atom is -0.364 e. The number of hydrogen-bond acceptors (Lipinski definition) is 4. The van der Waals surface area contributed by atoms with Gasteiger partial charge < -0.3 is 10.6 Å². The summed E-state index contributed by atoms with van der Waals surface area (Å²) in [6, 6.07) is 1.63. The van der Waals surface area contributed by atoms with Crippen molar-refractivity contribution in [2.24, 2.45) is 11.7 Å². The maximum absolute atomic E-state index is 11.4. The minimum atomic E-state index is -0.544. The quantitative estimate of drug-likeness (QED) is 0.852. The highest BCUT2D eigenvalue weighted by Gasteiger charge is 2.22. The van der Waals surface area contributed by atoms with E-state index < -0.39 is 5.91 Å². The molecule has 1 aliphatic heterocycles. The number of hydrogen-bond donors (Lipinski definition) is 1. The molecule has 102 valence electrons. The number of primary amides is 1. The number of piperidine rings is 1. The maximum atomic E-state index is 11.4. The summed E-state index contributed by atoms with van der Waals surface area (Å²) < 4.78 is 0. The van der Waals surface area contributed by atoms with E-state index in [9.17, 15) is 9.59 Å². The van der Waals surface area contributed by atoms with Crippen LogP contribution in [0, 0.1) is 5.92 Å². The third-order valence-electron chi connectivity index (χ3n) is 3.44. The van der Waals surface area contributed by atoms with Gasteiger partial charge in [-0.05, 0) is 31.2 Å². The number of carbonyl (C=O) groups excluding carboxylic acids is 2. The third-order valence-corrected chi connectivity index (χ3v) is 3.44. The second-order valence-corrected chi connectivity index (χ2v) is 4.94. The molecule has 2 N–H and O–H groups in total. The van der Waals surface area contributed by atoms with Crippen LogP contribution in [0.25, 0.3) is 0 Å². The van der Waals surface area contributed by atoms with Gasteiger partial charge in [-0.25, -0.2) is 9.97 Å². The fourth-order valence-electron chi connectivity index (χ4n) is 2.46. The average Bonchev–Trinajstić information content (AvgIpc) is 2.39. The molecule has 1 atom stereocenters. The van der Waals surface area contributed by atoms with E-state index >= 15 is 0 Å². The molecular weight excluding hydrogens is 244 g/mol. The molecule has 0 aromatic carbocycles. The Labute approximate surface area is 112 Å². The molecule has 0 radical (unpaired) electrons. The lowest BCUT2D eigenvalue weighted by Crippen LogP contribution is -2.39. The van der Waals surface area contributed by atoms with E-state index in [1.807, 2.05) is 4.90 Å². The lowest BCUT2D eigenvalue weighted by Gasteiger charge is -2.31. The van der Waals surface area contributed by atoms with Crippen LogP contribution >= 0.6 is 0 Å². The topological polar surface area (TPSA) is 89.2 Å². The number of aromatic nitrogens is 2. The zero-order valence-electron chi connectivity index (χ0n) is 11.0. The minimum absolute atomic E-state index is 0.116. The van der Waals surface area contributed by atoms with Crippen molar-refractivity contribution < 1.29 is 9.59 Å². The summed E-state index contributed by atoms with van der Waals surface area (Å²) in [6.45, 7) is 3.19. The summed E-state index contributed by atoms with van der Waals surface area (Å²) >= 11 is 0. The average molecular weight is 262 g/mol. The summed E-state index contributed by atoms with van der Waals surface area (Å²) in [7, 11) is 0. The largest absolute Gasteiger partial charge is 0.364 e. The molecule has 1 unspecified atom stereocenters. The molecule has 1 fully saturated rings. The van der Waals surface area contributed by atoms with Gasteiger partial charge >= 0.3 is 0 Å². The van der Waals surface area contributed by atoms with Crippen LogP contribution in [0.2, 0.25) is 0 Å². The first-order valence-corrected chi connectivity index (χ1v) is 6.42. The monoisotopic (exact) mass is 262 g/mol. The Morgan fingerprint density at radius 2 is 2.26 bits per heavy atom. The van der Waals surface area contributed by atoms with Crippen LogP contribution in [0.15, 0.2) is 12.4 Å². The number of rotatable bonds is 3. The first-order valence-electron chi connectivity index (χ1n) is 6.42. The Balaban J connectivity index is 2.02. The van der Waals surface area contributed by atoms with Crippen molar-refractivity contribution in [3.8, 4) is 0 Å². The summed E-state index contributed by atoms with van der Waals surface area (Å²) in [6.07, 6.45) is 4.19. The second-order valence-electron chi connectivity index (χ2n) is 4.94. The van der Waals surface area contributed by atoms with E-state index in [0.29, 0.717) is 5.92 Å².